The smallest absolute Gasteiger partial charge is 0.247 e. The van der Waals surface area contributed by atoms with Crippen LogP contribution in [-0.2, 0) is 11.2 Å². The maximum Gasteiger partial charge on any atom is 0.247 e. The van der Waals surface area contributed by atoms with E-state index in [1.54, 1.807) is 0 Å². The number of piperidine rings is 1. The van der Waals surface area contributed by atoms with Crippen molar-refractivity contribution in [2.24, 2.45) is 0 Å². The molecule has 2 heterocycles. The number of carbonyl (C=O) groups excluding carboxylic acids is 1. The fraction of sp³-hybridized carbons (Fsp3) is 0.318. The number of hydrogen-bond acceptors (Lipinski definition) is 4. The Balaban J connectivity index is 1.44. The molecule has 0 aliphatic carbocycles. The highest BCUT2D eigenvalue weighted by atomic mass is 16.4. The molecule has 0 N–H and O–H groups in total. The minimum Gasteiger partial charge on any atom is -0.420 e. The third-order valence-corrected chi connectivity index (χ3v) is 5.06. The molecule has 1 fully saturated rings. The van der Waals surface area contributed by atoms with Crippen molar-refractivity contribution in [3.05, 3.63) is 71.6 Å². The van der Waals surface area contributed by atoms with Gasteiger partial charge >= 0.3 is 0 Å². The molecule has 1 saturated heterocycles. The maximum absolute atomic E-state index is 12.7. The molecule has 3 aromatic rings. The Kier molecular flexibility index (Phi) is 5.01. The third kappa shape index (κ3) is 4.08. The van der Waals surface area contributed by atoms with E-state index in [0.717, 1.165) is 30.5 Å². The van der Waals surface area contributed by atoms with E-state index in [0.29, 0.717) is 24.7 Å². The van der Waals surface area contributed by atoms with Gasteiger partial charge in [-0.1, -0.05) is 48.0 Å². The second-order valence-electron chi connectivity index (χ2n) is 7.15. The molecule has 4 rings (SSSR count). The second-order valence-corrected chi connectivity index (χ2v) is 7.15. The standard InChI is InChI=1S/C22H23N3O2/c1-16-9-11-18(12-10-16)21-23-24-22(27-21)19-8-5-13-25(15-19)20(26)14-17-6-3-2-4-7-17/h2-4,6-7,9-12,19H,5,8,13-15H2,1H3/t19-/m1/s1. The van der Waals surface area contributed by atoms with Crippen LogP contribution in [0.3, 0.4) is 0 Å². The van der Waals surface area contributed by atoms with Crippen LogP contribution in [0.25, 0.3) is 11.5 Å². The lowest BCUT2D eigenvalue weighted by atomic mass is 9.97. The summed E-state index contributed by atoms with van der Waals surface area (Å²) < 4.78 is 5.94. The first-order chi connectivity index (χ1) is 13.2. The van der Waals surface area contributed by atoms with Gasteiger partial charge < -0.3 is 9.32 Å². The van der Waals surface area contributed by atoms with E-state index in [1.807, 2.05) is 66.4 Å². The molecule has 5 heteroatoms. The van der Waals surface area contributed by atoms with Crippen LogP contribution in [-0.4, -0.2) is 34.1 Å². The number of amides is 1. The van der Waals surface area contributed by atoms with Gasteiger partial charge in [0.2, 0.25) is 17.7 Å². The van der Waals surface area contributed by atoms with Crippen LogP contribution in [0, 0.1) is 6.92 Å². The molecular formula is C22H23N3O2. The zero-order valence-electron chi connectivity index (χ0n) is 15.5. The number of rotatable bonds is 4. The topological polar surface area (TPSA) is 59.2 Å². The molecule has 1 aliphatic heterocycles. The van der Waals surface area contributed by atoms with Crippen LogP contribution < -0.4 is 0 Å². The van der Waals surface area contributed by atoms with Gasteiger partial charge in [0.1, 0.15) is 0 Å². The van der Waals surface area contributed by atoms with Gasteiger partial charge in [0.15, 0.2) is 0 Å². The Morgan fingerprint density at radius 3 is 2.67 bits per heavy atom. The van der Waals surface area contributed by atoms with Crippen molar-refractivity contribution in [1.29, 1.82) is 0 Å². The van der Waals surface area contributed by atoms with Crippen LogP contribution >= 0.6 is 0 Å². The maximum atomic E-state index is 12.7. The predicted octanol–water partition coefficient (Wildman–Crippen LogP) is 3.99. The first kappa shape index (κ1) is 17.5. The zero-order chi connectivity index (χ0) is 18.6. The van der Waals surface area contributed by atoms with E-state index in [2.05, 4.69) is 10.2 Å². The fourth-order valence-corrected chi connectivity index (χ4v) is 3.50. The molecule has 0 saturated carbocycles. The highest BCUT2D eigenvalue weighted by molar-refractivity contribution is 5.79. The van der Waals surface area contributed by atoms with Gasteiger partial charge in [-0.3, -0.25) is 4.79 Å². The highest BCUT2D eigenvalue weighted by Gasteiger charge is 2.28. The molecule has 138 valence electrons. The van der Waals surface area contributed by atoms with Crippen LogP contribution in [0.5, 0.6) is 0 Å². The number of aryl methyl sites for hydroxylation is 1. The minimum absolute atomic E-state index is 0.102. The quantitative estimate of drug-likeness (QED) is 0.705. The average Bonchev–Trinajstić information content (AvgIpc) is 3.20. The van der Waals surface area contributed by atoms with E-state index in [-0.39, 0.29) is 11.8 Å². The van der Waals surface area contributed by atoms with Gasteiger partial charge in [0.05, 0.1) is 12.3 Å². The minimum atomic E-state index is 0.102. The summed E-state index contributed by atoms with van der Waals surface area (Å²) in [5, 5.41) is 8.47. The first-order valence-electron chi connectivity index (χ1n) is 9.41. The van der Waals surface area contributed by atoms with E-state index in [9.17, 15) is 4.79 Å². The Morgan fingerprint density at radius 1 is 1.11 bits per heavy atom. The number of aromatic nitrogens is 2. The molecule has 27 heavy (non-hydrogen) atoms. The summed E-state index contributed by atoms with van der Waals surface area (Å²) >= 11 is 0. The molecule has 1 amide bonds. The van der Waals surface area contributed by atoms with E-state index in [4.69, 9.17) is 4.42 Å². The molecule has 1 aliphatic rings. The van der Waals surface area contributed by atoms with Gasteiger partial charge in [0, 0.05) is 18.7 Å². The van der Waals surface area contributed by atoms with Crippen LogP contribution in [0.1, 0.15) is 35.8 Å². The van der Waals surface area contributed by atoms with E-state index < -0.39 is 0 Å². The summed E-state index contributed by atoms with van der Waals surface area (Å²) in [5.74, 6) is 1.43. The van der Waals surface area contributed by atoms with Crippen molar-refractivity contribution in [2.45, 2.75) is 32.1 Å². The second kappa shape index (κ2) is 7.74. The van der Waals surface area contributed by atoms with Crippen molar-refractivity contribution < 1.29 is 9.21 Å². The third-order valence-electron chi connectivity index (χ3n) is 5.06. The molecule has 5 nitrogen and oxygen atoms in total. The van der Waals surface area contributed by atoms with Gasteiger partial charge in [-0.25, -0.2) is 0 Å². The lowest BCUT2D eigenvalue weighted by Crippen LogP contribution is -2.40. The number of hydrogen-bond donors (Lipinski definition) is 0. The lowest BCUT2D eigenvalue weighted by molar-refractivity contribution is -0.131. The molecular weight excluding hydrogens is 338 g/mol. The molecule has 0 unspecified atom stereocenters. The average molecular weight is 361 g/mol. The Labute approximate surface area is 159 Å². The molecule has 1 atom stereocenters. The largest absolute Gasteiger partial charge is 0.420 e. The summed E-state index contributed by atoms with van der Waals surface area (Å²) in [7, 11) is 0. The fourth-order valence-electron chi connectivity index (χ4n) is 3.50. The summed E-state index contributed by atoms with van der Waals surface area (Å²) in [6, 6.07) is 17.9. The van der Waals surface area contributed by atoms with E-state index >= 15 is 0 Å². The number of likely N-dealkylation sites (tertiary alicyclic amines) is 1. The van der Waals surface area contributed by atoms with Crippen LogP contribution in [0.2, 0.25) is 0 Å². The first-order valence-corrected chi connectivity index (χ1v) is 9.41. The van der Waals surface area contributed by atoms with Crippen molar-refractivity contribution in [1.82, 2.24) is 15.1 Å². The molecule has 0 spiro atoms. The van der Waals surface area contributed by atoms with Crippen LogP contribution in [0.15, 0.2) is 59.0 Å². The summed E-state index contributed by atoms with van der Waals surface area (Å²) in [5.41, 5.74) is 3.16. The summed E-state index contributed by atoms with van der Waals surface area (Å²) in [6.45, 7) is 3.48. The molecule has 0 radical (unpaired) electrons. The summed E-state index contributed by atoms with van der Waals surface area (Å²) in [4.78, 5) is 14.6. The van der Waals surface area contributed by atoms with Gasteiger partial charge in [-0.2, -0.15) is 0 Å². The monoisotopic (exact) mass is 361 g/mol. The number of benzene rings is 2. The highest BCUT2D eigenvalue weighted by Crippen LogP contribution is 2.28. The SMILES string of the molecule is Cc1ccc(-c2nnc([C@@H]3CCCN(C(=O)Cc4ccccc4)C3)o2)cc1. The Morgan fingerprint density at radius 2 is 1.89 bits per heavy atom. The molecule has 1 aromatic heterocycles. The molecule has 0 bridgehead atoms. The Hall–Kier alpha value is -2.95. The summed E-state index contributed by atoms with van der Waals surface area (Å²) in [6.07, 6.45) is 2.35. The van der Waals surface area contributed by atoms with Crippen LogP contribution in [0.4, 0.5) is 0 Å². The van der Waals surface area contributed by atoms with Gasteiger partial charge in [-0.15, -0.1) is 10.2 Å². The molecule has 2 aromatic carbocycles. The number of carbonyl (C=O) groups is 1. The Bertz CT molecular complexity index is 903. The predicted molar refractivity (Wildman–Crippen MR) is 103 cm³/mol. The van der Waals surface area contributed by atoms with Crippen molar-refractivity contribution in [3.63, 3.8) is 0 Å². The normalized spacial score (nSPS) is 17.1. The zero-order valence-corrected chi connectivity index (χ0v) is 15.5. The number of nitrogens with zero attached hydrogens (tertiary/aromatic N) is 3. The van der Waals surface area contributed by atoms with Crippen molar-refractivity contribution >= 4 is 5.91 Å². The van der Waals surface area contributed by atoms with Gasteiger partial charge in [0.25, 0.3) is 0 Å². The van der Waals surface area contributed by atoms with E-state index in [1.165, 1.54) is 5.56 Å². The van der Waals surface area contributed by atoms with Crippen molar-refractivity contribution in [2.75, 3.05) is 13.1 Å². The lowest BCUT2D eigenvalue weighted by Gasteiger charge is -2.31. The van der Waals surface area contributed by atoms with Gasteiger partial charge in [-0.05, 0) is 37.5 Å². The van der Waals surface area contributed by atoms with Crippen molar-refractivity contribution in [3.8, 4) is 11.5 Å².